The number of hydrogen-bond acceptors (Lipinski definition) is 1. The molecule has 1 aromatic rings. The summed E-state index contributed by atoms with van der Waals surface area (Å²) < 4.78 is 0. The van der Waals surface area contributed by atoms with Gasteiger partial charge in [-0.2, -0.15) is 0 Å². The molecule has 0 unspecified atom stereocenters. The van der Waals surface area contributed by atoms with Gasteiger partial charge in [0.15, 0.2) is 0 Å². The Bertz CT molecular complexity index is 179. The highest BCUT2D eigenvalue weighted by Crippen LogP contribution is 1.96. The van der Waals surface area contributed by atoms with Crippen LogP contribution >= 0.6 is 0 Å². The third kappa shape index (κ3) is 1.68. The first kappa shape index (κ1) is 6.02. The Kier molecular flexibility index (Phi) is 2.02. The van der Waals surface area contributed by atoms with Crippen molar-refractivity contribution >= 4 is 6.21 Å². The van der Waals surface area contributed by atoms with Crippen molar-refractivity contribution in [1.29, 1.82) is 5.41 Å². The molecule has 0 aliphatic rings. The molecule has 9 heavy (non-hydrogen) atoms. The fraction of sp³-hybridized carbons (Fsp3) is 0.125. The minimum Gasteiger partial charge on any atom is -0.303 e. The van der Waals surface area contributed by atoms with E-state index in [2.05, 4.69) is 6.21 Å². The summed E-state index contributed by atoms with van der Waals surface area (Å²) in [4.78, 5) is 0. The molecule has 0 atom stereocenters. The van der Waals surface area contributed by atoms with Gasteiger partial charge < -0.3 is 5.41 Å². The average molecular weight is 118 g/mol. The second kappa shape index (κ2) is 3.02. The minimum absolute atomic E-state index is 0.626. The van der Waals surface area contributed by atoms with Crippen molar-refractivity contribution in [2.24, 2.45) is 0 Å². The van der Waals surface area contributed by atoms with E-state index in [1.165, 1.54) is 0 Å². The van der Waals surface area contributed by atoms with Crippen LogP contribution in [0, 0.1) is 5.41 Å². The lowest BCUT2D eigenvalue weighted by molar-refractivity contribution is 1.33. The predicted molar refractivity (Wildman–Crippen MR) is 37.9 cm³/mol. The molecule has 45 valence electrons. The monoisotopic (exact) mass is 118 g/mol. The van der Waals surface area contributed by atoms with Gasteiger partial charge in [-0.1, -0.05) is 30.3 Å². The van der Waals surface area contributed by atoms with E-state index in [1.54, 1.807) is 0 Å². The van der Waals surface area contributed by atoms with Crippen molar-refractivity contribution in [3.8, 4) is 0 Å². The topological polar surface area (TPSA) is 23.9 Å². The van der Waals surface area contributed by atoms with Crippen LogP contribution in [0.4, 0.5) is 0 Å². The Morgan fingerprint density at radius 1 is 1.22 bits per heavy atom. The first-order chi connectivity index (χ1) is 4.43. The Labute approximate surface area is 54.8 Å². The van der Waals surface area contributed by atoms with E-state index in [0.29, 0.717) is 6.42 Å². The molecule has 1 nitrogen and oxygen atoms in total. The number of benzene rings is 1. The lowest BCUT2D eigenvalue weighted by Crippen LogP contribution is -1.81. The Morgan fingerprint density at radius 2 is 1.89 bits per heavy atom. The maximum absolute atomic E-state index is 6.69. The first-order valence-corrected chi connectivity index (χ1v) is 2.87. The summed E-state index contributed by atoms with van der Waals surface area (Å²) >= 11 is 0. The summed E-state index contributed by atoms with van der Waals surface area (Å²) in [5.74, 6) is 0. The molecule has 1 rings (SSSR count). The van der Waals surface area contributed by atoms with Crippen molar-refractivity contribution in [2.45, 2.75) is 6.42 Å². The average Bonchev–Trinajstić information content (AvgIpc) is 1.91. The van der Waals surface area contributed by atoms with Gasteiger partial charge in [0.05, 0.1) is 6.21 Å². The molecule has 0 heterocycles. The summed E-state index contributed by atoms with van der Waals surface area (Å²) in [6.07, 6.45) is 2.96. The largest absolute Gasteiger partial charge is 0.303 e. The van der Waals surface area contributed by atoms with Gasteiger partial charge in [0.1, 0.15) is 0 Å². The van der Waals surface area contributed by atoms with Crippen molar-refractivity contribution < 1.29 is 0 Å². The van der Waals surface area contributed by atoms with Gasteiger partial charge in [-0.3, -0.25) is 0 Å². The zero-order chi connectivity index (χ0) is 6.53. The maximum atomic E-state index is 6.69. The number of rotatable bonds is 2. The van der Waals surface area contributed by atoms with E-state index in [4.69, 9.17) is 5.41 Å². The van der Waals surface area contributed by atoms with Crippen LogP contribution in [0.25, 0.3) is 0 Å². The van der Waals surface area contributed by atoms with E-state index in [-0.39, 0.29) is 0 Å². The minimum atomic E-state index is 0.626. The predicted octanol–water partition coefficient (Wildman–Crippen LogP) is 1.76. The molecule has 1 radical (unpaired) electrons. The molecule has 0 aliphatic heterocycles. The van der Waals surface area contributed by atoms with Gasteiger partial charge in [0.2, 0.25) is 0 Å². The highest BCUT2D eigenvalue weighted by molar-refractivity contribution is 5.57. The van der Waals surface area contributed by atoms with Crippen LogP contribution in [0.3, 0.4) is 0 Å². The summed E-state index contributed by atoms with van der Waals surface area (Å²) in [5.41, 5.74) is 1.15. The first-order valence-electron chi connectivity index (χ1n) is 2.87. The molecule has 0 fully saturated rings. The molecule has 0 spiro atoms. The van der Waals surface area contributed by atoms with Crippen LogP contribution in [0.1, 0.15) is 5.56 Å². The fourth-order valence-electron chi connectivity index (χ4n) is 0.698. The third-order valence-corrected chi connectivity index (χ3v) is 1.14. The van der Waals surface area contributed by atoms with E-state index in [0.717, 1.165) is 5.56 Å². The Morgan fingerprint density at radius 3 is 2.44 bits per heavy atom. The van der Waals surface area contributed by atoms with Crippen LogP contribution in [0.2, 0.25) is 0 Å². The standard InChI is InChI=1S/C8H8N/c9-7-6-8-4-2-1-3-5-8/h1-5,9H,6H2. The summed E-state index contributed by atoms with van der Waals surface area (Å²) in [6.45, 7) is 0. The van der Waals surface area contributed by atoms with Gasteiger partial charge in [-0.05, 0) is 5.56 Å². The molecular weight excluding hydrogens is 110 g/mol. The molecule has 0 aliphatic carbocycles. The van der Waals surface area contributed by atoms with Crippen molar-refractivity contribution in [3.63, 3.8) is 0 Å². The van der Waals surface area contributed by atoms with Gasteiger partial charge in [0.25, 0.3) is 0 Å². The van der Waals surface area contributed by atoms with Crippen molar-refractivity contribution in [2.75, 3.05) is 0 Å². The number of nitrogens with one attached hydrogen (secondary N) is 1. The van der Waals surface area contributed by atoms with Crippen molar-refractivity contribution in [3.05, 3.63) is 35.9 Å². The van der Waals surface area contributed by atoms with E-state index in [1.807, 2.05) is 30.3 Å². The highest BCUT2D eigenvalue weighted by atomic mass is 14.3. The zero-order valence-corrected chi connectivity index (χ0v) is 5.09. The fourth-order valence-corrected chi connectivity index (χ4v) is 0.698. The van der Waals surface area contributed by atoms with E-state index < -0.39 is 0 Å². The summed E-state index contributed by atoms with van der Waals surface area (Å²) in [5, 5.41) is 6.69. The van der Waals surface area contributed by atoms with Crippen molar-refractivity contribution in [1.82, 2.24) is 0 Å². The lowest BCUT2D eigenvalue weighted by atomic mass is 10.2. The molecule has 0 aromatic heterocycles. The lowest BCUT2D eigenvalue weighted by Gasteiger charge is -1.89. The van der Waals surface area contributed by atoms with Gasteiger partial charge in [-0.25, -0.2) is 0 Å². The molecule has 1 aromatic carbocycles. The normalized spacial score (nSPS) is 8.89. The molecule has 0 amide bonds. The second-order valence-electron chi connectivity index (χ2n) is 1.84. The third-order valence-electron chi connectivity index (χ3n) is 1.14. The van der Waals surface area contributed by atoms with E-state index >= 15 is 0 Å². The molecule has 1 N–H and O–H groups in total. The van der Waals surface area contributed by atoms with Crippen LogP contribution in [0.15, 0.2) is 30.3 Å². The van der Waals surface area contributed by atoms with Gasteiger partial charge in [-0.15, -0.1) is 0 Å². The molecular formula is C8H8N. The Balaban J connectivity index is 2.72. The molecule has 0 saturated carbocycles. The van der Waals surface area contributed by atoms with Crippen LogP contribution in [-0.2, 0) is 6.42 Å². The Hall–Kier alpha value is -1.11. The highest BCUT2D eigenvalue weighted by Gasteiger charge is 1.83. The second-order valence-corrected chi connectivity index (χ2v) is 1.84. The smallest absolute Gasteiger partial charge is 0.0568 e. The summed E-state index contributed by atoms with van der Waals surface area (Å²) in [6, 6.07) is 9.87. The quantitative estimate of drug-likeness (QED) is 0.572. The summed E-state index contributed by atoms with van der Waals surface area (Å²) in [7, 11) is 0. The molecule has 0 bridgehead atoms. The SMILES string of the molecule is N=[C]Cc1ccccc1. The van der Waals surface area contributed by atoms with Crippen LogP contribution < -0.4 is 0 Å². The zero-order valence-electron chi connectivity index (χ0n) is 5.09. The van der Waals surface area contributed by atoms with Gasteiger partial charge in [0, 0.05) is 6.42 Å². The molecule has 1 heteroatoms. The molecule has 0 saturated heterocycles. The van der Waals surface area contributed by atoms with E-state index in [9.17, 15) is 0 Å². The van der Waals surface area contributed by atoms with Crippen LogP contribution in [0.5, 0.6) is 0 Å². The number of hydrogen-bond donors (Lipinski definition) is 1. The van der Waals surface area contributed by atoms with Crippen LogP contribution in [-0.4, -0.2) is 6.21 Å². The maximum Gasteiger partial charge on any atom is 0.0568 e. The van der Waals surface area contributed by atoms with Gasteiger partial charge >= 0.3 is 0 Å².